The fourth-order valence-electron chi connectivity index (χ4n) is 1.82. The summed E-state index contributed by atoms with van der Waals surface area (Å²) in [7, 11) is 0. The molecule has 0 aliphatic heterocycles. The summed E-state index contributed by atoms with van der Waals surface area (Å²) in [4.78, 5) is 0. The van der Waals surface area contributed by atoms with E-state index in [2.05, 4.69) is 0 Å². The fourth-order valence-corrected chi connectivity index (χ4v) is 1.82. The summed E-state index contributed by atoms with van der Waals surface area (Å²) in [5.41, 5.74) is 2.98. The Morgan fingerprint density at radius 3 is 2.18 bits per heavy atom. The number of hydrogen-bond acceptors (Lipinski definition) is 2. The zero-order valence-electron chi connectivity index (χ0n) is 10.6. The summed E-state index contributed by atoms with van der Waals surface area (Å²) in [5.74, 6) is -1.50. The lowest BCUT2D eigenvalue weighted by Crippen LogP contribution is -2.47. The molecular formula is C13H19F2NO. The Bertz CT molecular complexity index is 426. The topological polar surface area (TPSA) is 46.2 Å². The van der Waals surface area contributed by atoms with Crippen LogP contribution >= 0.6 is 0 Å². The van der Waals surface area contributed by atoms with E-state index >= 15 is 0 Å². The number of halogens is 2. The molecule has 3 N–H and O–H groups in total. The Balaban J connectivity index is 3.56. The van der Waals surface area contributed by atoms with E-state index in [4.69, 9.17) is 5.73 Å². The summed E-state index contributed by atoms with van der Waals surface area (Å²) in [5, 5.41) is 10.5. The summed E-state index contributed by atoms with van der Waals surface area (Å²) in [6, 6.07) is 2.49. The van der Waals surface area contributed by atoms with Gasteiger partial charge in [0.05, 0.1) is 5.56 Å². The zero-order valence-corrected chi connectivity index (χ0v) is 10.6. The van der Waals surface area contributed by atoms with Gasteiger partial charge in [-0.05, 0) is 24.0 Å². The van der Waals surface area contributed by atoms with Gasteiger partial charge >= 0.3 is 0 Å². The van der Waals surface area contributed by atoms with Crippen molar-refractivity contribution in [1.82, 2.24) is 0 Å². The van der Waals surface area contributed by atoms with Gasteiger partial charge < -0.3 is 10.8 Å². The molecule has 0 saturated heterocycles. The molecule has 1 aromatic rings. The van der Waals surface area contributed by atoms with E-state index in [1.54, 1.807) is 20.8 Å². The Labute approximate surface area is 100 Å². The van der Waals surface area contributed by atoms with E-state index in [-0.39, 0.29) is 17.7 Å². The van der Waals surface area contributed by atoms with E-state index in [9.17, 15) is 13.9 Å². The van der Waals surface area contributed by atoms with Gasteiger partial charge in [0.25, 0.3) is 0 Å². The van der Waals surface area contributed by atoms with Crippen LogP contribution in [0.5, 0.6) is 0 Å². The molecule has 0 spiro atoms. The number of aryl methyl sites for hydroxylation is 1. The highest BCUT2D eigenvalue weighted by molar-refractivity contribution is 5.33. The standard InChI is InChI=1S/C13H19F2NO/c1-8-5-6-9(14)10(11(8)15)13(17,7-16)12(2,3)4/h5-6,17H,7,16H2,1-4H3. The Hall–Kier alpha value is -1.00. The molecule has 0 radical (unpaired) electrons. The SMILES string of the molecule is Cc1ccc(F)c(C(O)(CN)C(C)(C)C)c1F. The van der Waals surface area contributed by atoms with Gasteiger partial charge in [-0.1, -0.05) is 26.8 Å². The lowest BCUT2D eigenvalue weighted by molar-refractivity contribution is -0.0612. The van der Waals surface area contributed by atoms with Gasteiger partial charge in [0.15, 0.2) is 0 Å². The average molecular weight is 243 g/mol. The maximum atomic E-state index is 14.0. The minimum atomic E-state index is -1.73. The minimum absolute atomic E-state index is 0.242. The highest BCUT2D eigenvalue weighted by atomic mass is 19.1. The predicted octanol–water partition coefficient (Wildman–Crippen LogP) is 2.47. The Morgan fingerprint density at radius 2 is 1.76 bits per heavy atom. The maximum Gasteiger partial charge on any atom is 0.135 e. The van der Waals surface area contributed by atoms with Crippen LogP contribution in [0, 0.1) is 24.0 Å². The van der Waals surface area contributed by atoms with Crippen LogP contribution in [0.1, 0.15) is 31.9 Å². The molecule has 2 nitrogen and oxygen atoms in total. The van der Waals surface area contributed by atoms with Gasteiger partial charge in [0, 0.05) is 6.54 Å². The molecule has 1 unspecified atom stereocenters. The van der Waals surface area contributed by atoms with Crippen LogP contribution in [0.3, 0.4) is 0 Å². The van der Waals surface area contributed by atoms with Gasteiger partial charge in [0.2, 0.25) is 0 Å². The minimum Gasteiger partial charge on any atom is -0.383 e. The summed E-state index contributed by atoms with van der Waals surface area (Å²) < 4.78 is 27.8. The van der Waals surface area contributed by atoms with Crippen molar-refractivity contribution in [3.63, 3.8) is 0 Å². The van der Waals surface area contributed by atoms with Crippen LogP contribution in [-0.4, -0.2) is 11.7 Å². The van der Waals surface area contributed by atoms with Crippen LogP contribution in [0.2, 0.25) is 0 Å². The molecule has 1 aromatic carbocycles. The van der Waals surface area contributed by atoms with Gasteiger partial charge in [-0.3, -0.25) is 0 Å². The first-order valence-corrected chi connectivity index (χ1v) is 5.52. The number of benzene rings is 1. The monoisotopic (exact) mass is 243 g/mol. The van der Waals surface area contributed by atoms with Crippen molar-refractivity contribution in [2.45, 2.75) is 33.3 Å². The first-order valence-electron chi connectivity index (χ1n) is 5.52. The van der Waals surface area contributed by atoms with Crippen molar-refractivity contribution in [1.29, 1.82) is 0 Å². The highest BCUT2D eigenvalue weighted by Crippen LogP contribution is 2.41. The number of aliphatic hydroxyl groups is 1. The van der Waals surface area contributed by atoms with Gasteiger partial charge in [-0.2, -0.15) is 0 Å². The normalized spacial score (nSPS) is 15.8. The van der Waals surface area contributed by atoms with Crippen molar-refractivity contribution in [3.05, 3.63) is 34.9 Å². The third-order valence-electron chi connectivity index (χ3n) is 3.23. The second-order valence-electron chi connectivity index (χ2n) is 5.37. The number of nitrogens with two attached hydrogens (primary N) is 1. The zero-order chi connectivity index (χ0) is 13.4. The van der Waals surface area contributed by atoms with Crippen LogP contribution in [-0.2, 0) is 5.60 Å². The molecule has 0 aromatic heterocycles. The molecular weight excluding hydrogens is 224 g/mol. The van der Waals surface area contributed by atoms with Crippen molar-refractivity contribution >= 4 is 0 Å². The molecule has 96 valence electrons. The summed E-state index contributed by atoms with van der Waals surface area (Å²) in [6.45, 7) is 6.37. The van der Waals surface area contributed by atoms with E-state index in [1.165, 1.54) is 13.0 Å². The van der Waals surface area contributed by atoms with Crippen LogP contribution < -0.4 is 5.73 Å². The Morgan fingerprint density at radius 1 is 1.24 bits per heavy atom. The lowest BCUT2D eigenvalue weighted by Gasteiger charge is -2.40. The first kappa shape index (κ1) is 14.1. The largest absolute Gasteiger partial charge is 0.383 e. The third-order valence-corrected chi connectivity index (χ3v) is 3.23. The average Bonchev–Trinajstić information content (AvgIpc) is 2.22. The van der Waals surface area contributed by atoms with E-state index in [0.717, 1.165) is 6.07 Å². The van der Waals surface area contributed by atoms with Crippen molar-refractivity contribution in [3.8, 4) is 0 Å². The van der Waals surface area contributed by atoms with Crippen LogP contribution in [0.4, 0.5) is 8.78 Å². The lowest BCUT2D eigenvalue weighted by atomic mass is 9.71. The number of hydrogen-bond donors (Lipinski definition) is 2. The van der Waals surface area contributed by atoms with Gasteiger partial charge in [0.1, 0.15) is 17.2 Å². The maximum absolute atomic E-state index is 14.0. The van der Waals surface area contributed by atoms with E-state index in [1.807, 2.05) is 0 Å². The quantitative estimate of drug-likeness (QED) is 0.838. The van der Waals surface area contributed by atoms with E-state index < -0.39 is 22.7 Å². The smallest absolute Gasteiger partial charge is 0.135 e. The molecule has 0 bridgehead atoms. The molecule has 0 fully saturated rings. The van der Waals surface area contributed by atoms with Crippen molar-refractivity contribution in [2.75, 3.05) is 6.54 Å². The van der Waals surface area contributed by atoms with E-state index in [0.29, 0.717) is 0 Å². The summed E-state index contributed by atoms with van der Waals surface area (Å²) in [6.07, 6.45) is 0. The Kier molecular flexibility index (Phi) is 3.60. The molecule has 0 aliphatic rings. The second kappa shape index (κ2) is 4.35. The third kappa shape index (κ3) is 2.19. The number of rotatable bonds is 2. The molecule has 0 heterocycles. The molecule has 4 heteroatoms. The van der Waals surface area contributed by atoms with Gasteiger partial charge in [-0.15, -0.1) is 0 Å². The molecule has 1 atom stereocenters. The van der Waals surface area contributed by atoms with Crippen molar-refractivity contribution < 1.29 is 13.9 Å². The molecule has 1 rings (SSSR count). The molecule has 0 amide bonds. The highest BCUT2D eigenvalue weighted by Gasteiger charge is 2.44. The summed E-state index contributed by atoms with van der Waals surface area (Å²) >= 11 is 0. The first-order chi connectivity index (χ1) is 7.65. The van der Waals surface area contributed by atoms with Crippen LogP contribution in [0.15, 0.2) is 12.1 Å². The van der Waals surface area contributed by atoms with Crippen molar-refractivity contribution in [2.24, 2.45) is 11.1 Å². The second-order valence-corrected chi connectivity index (χ2v) is 5.37. The molecule has 17 heavy (non-hydrogen) atoms. The predicted molar refractivity (Wildman–Crippen MR) is 63.5 cm³/mol. The molecule has 0 saturated carbocycles. The molecule has 0 aliphatic carbocycles. The van der Waals surface area contributed by atoms with Crippen LogP contribution in [0.25, 0.3) is 0 Å². The fraction of sp³-hybridized carbons (Fsp3) is 0.538. The van der Waals surface area contributed by atoms with Gasteiger partial charge in [-0.25, -0.2) is 8.78 Å².